The van der Waals surface area contributed by atoms with E-state index >= 15 is 0 Å². The number of unbranched alkanes of at least 4 members (excludes halogenated alkanes) is 6. The first-order valence-corrected chi connectivity index (χ1v) is 8.18. The Kier molecular flexibility index (Phi) is 9.07. The van der Waals surface area contributed by atoms with Crippen molar-refractivity contribution in [1.29, 1.82) is 0 Å². The summed E-state index contributed by atoms with van der Waals surface area (Å²) < 4.78 is 18.9. The minimum Gasteiger partial charge on any atom is -0.494 e. The van der Waals surface area contributed by atoms with Crippen molar-refractivity contribution in [3.05, 3.63) is 29.6 Å². The van der Waals surface area contributed by atoms with Crippen LogP contribution in [0.1, 0.15) is 63.9 Å². The molecule has 0 aliphatic rings. The highest BCUT2D eigenvalue weighted by Gasteiger charge is 2.12. The quantitative estimate of drug-likeness (QED) is 0.590. The van der Waals surface area contributed by atoms with Gasteiger partial charge in [0.05, 0.1) is 13.2 Å². The second-order valence-corrected chi connectivity index (χ2v) is 5.70. The number of benzene rings is 1. The number of hydrogen-bond acceptors (Lipinski definition) is 2. The Hall–Kier alpha value is -1.09. The van der Waals surface area contributed by atoms with Crippen LogP contribution in [0.2, 0.25) is 0 Å². The summed E-state index contributed by atoms with van der Waals surface area (Å²) in [6.07, 6.45) is 9.22. The van der Waals surface area contributed by atoms with Crippen molar-refractivity contribution >= 4 is 0 Å². The summed E-state index contributed by atoms with van der Waals surface area (Å²) in [5.41, 5.74) is 0.532. The summed E-state index contributed by atoms with van der Waals surface area (Å²) in [7, 11) is 1.46. The number of hydrogen-bond donors (Lipinski definition) is 1. The number of ether oxygens (including phenoxy) is 1. The van der Waals surface area contributed by atoms with Gasteiger partial charge >= 0.3 is 0 Å². The van der Waals surface area contributed by atoms with Crippen LogP contribution in [0.4, 0.5) is 4.39 Å². The standard InChI is InChI=1S/C18H29FO2/c1-3-4-5-6-7-8-9-12-16(20)14-15-11-10-13-17(21-2)18(15)19/h10-11,13,16,20H,3-9,12,14H2,1-2H3. The first kappa shape index (κ1) is 18.0. The van der Waals surface area contributed by atoms with Gasteiger partial charge in [0.1, 0.15) is 0 Å². The van der Waals surface area contributed by atoms with E-state index in [0.29, 0.717) is 12.0 Å². The molecule has 1 rings (SSSR count). The summed E-state index contributed by atoms with van der Waals surface area (Å²) in [5, 5.41) is 10.0. The maximum atomic E-state index is 14.0. The molecule has 1 N–H and O–H groups in total. The number of halogens is 1. The second kappa shape index (κ2) is 10.6. The summed E-state index contributed by atoms with van der Waals surface area (Å²) >= 11 is 0. The molecule has 120 valence electrons. The molecular formula is C18H29FO2. The van der Waals surface area contributed by atoms with Crippen LogP contribution in [0.3, 0.4) is 0 Å². The summed E-state index contributed by atoms with van der Waals surface area (Å²) in [5.74, 6) is -0.103. The van der Waals surface area contributed by atoms with E-state index in [-0.39, 0.29) is 11.6 Å². The topological polar surface area (TPSA) is 29.5 Å². The van der Waals surface area contributed by atoms with Crippen LogP contribution in [-0.4, -0.2) is 18.3 Å². The first-order valence-electron chi connectivity index (χ1n) is 8.18. The molecule has 0 saturated carbocycles. The van der Waals surface area contributed by atoms with Crippen LogP contribution in [0, 0.1) is 5.82 Å². The third kappa shape index (κ3) is 6.94. The highest BCUT2D eigenvalue weighted by molar-refractivity contribution is 5.31. The van der Waals surface area contributed by atoms with Gasteiger partial charge < -0.3 is 9.84 Å². The lowest BCUT2D eigenvalue weighted by Crippen LogP contribution is -2.11. The van der Waals surface area contributed by atoms with Crippen molar-refractivity contribution < 1.29 is 14.2 Å². The zero-order valence-corrected chi connectivity index (χ0v) is 13.4. The van der Waals surface area contributed by atoms with Gasteiger partial charge in [-0.25, -0.2) is 4.39 Å². The Balaban J connectivity index is 2.23. The van der Waals surface area contributed by atoms with E-state index in [2.05, 4.69) is 6.92 Å². The lowest BCUT2D eigenvalue weighted by Gasteiger charge is -2.12. The lowest BCUT2D eigenvalue weighted by molar-refractivity contribution is 0.159. The monoisotopic (exact) mass is 296 g/mol. The maximum Gasteiger partial charge on any atom is 0.168 e. The molecule has 0 fully saturated rings. The third-order valence-corrected chi connectivity index (χ3v) is 3.86. The van der Waals surface area contributed by atoms with E-state index in [1.807, 2.05) is 0 Å². The Bertz CT molecular complexity index is 393. The maximum absolute atomic E-state index is 14.0. The van der Waals surface area contributed by atoms with E-state index < -0.39 is 6.10 Å². The van der Waals surface area contributed by atoms with E-state index in [4.69, 9.17) is 4.74 Å². The molecule has 0 spiro atoms. The zero-order valence-electron chi connectivity index (χ0n) is 13.4. The molecule has 0 bridgehead atoms. The van der Waals surface area contributed by atoms with Crippen LogP contribution in [0.25, 0.3) is 0 Å². The zero-order chi connectivity index (χ0) is 15.5. The molecule has 1 atom stereocenters. The molecule has 0 heterocycles. The predicted octanol–water partition coefficient (Wildman–Crippen LogP) is 4.88. The van der Waals surface area contributed by atoms with Gasteiger partial charge in [-0.1, -0.05) is 64.0 Å². The van der Waals surface area contributed by atoms with Gasteiger partial charge in [0.15, 0.2) is 11.6 Å². The van der Waals surface area contributed by atoms with Crippen molar-refractivity contribution in [1.82, 2.24) is 0 Å². The van der Waals surface area contributed by atoms with Gasteiger partial charge in [-0.2, -0.15) is 0 Å². The van der Waals surface area contributed by atoms with Gasteiger partial charge in [-0.3, -0.25) is 0 Å². The van der Waals surface area contributed by atoms with Gasteiger partial charge in [-0.05, 0) is 18.1 Å². The summed E-state index contributed by atoms with van der Waals surface area (Å²) in [4.78, 5) is 0. The normalized spacial score (nSPS) is 12.4. The van der Waals surface area contributed by atoms with Gasteiger partial charge in [-0.15, -0.1) is 0 Å². The minimum atomic E-state index is -0.470. The fourth-order valence-electron chi connectivity index (χ4n) is 2.56. The number of aliphatic hydroxyl groups is 1. The lowest BCUT2D eigenvalue weighted by atomic mass is 10.0. The molecular weight excluding hydrogens is 267 g/mol. The average Bonchev–Trinajstić information content (AvgIpc) is 2.48. The second-order valence-electron chi connectivity index (χ2n) is 5.70. The highest BCUT2D eigenvalue weighted by Crippen LogP contribution is 2.22. The number of aliphatic hydroxyl groups excluding tert-OH is 1. The van der Waals surface area contributed by atoms with E-state index in [0.717, 1.165) is 19.3 Å². The van der Waals surface area contributed by atoms with E-state index in [1.165, 1.54) is 39.2 Å². The average molecular weight is 296 g/mol. The van der Waals surface area contributed by atoms with Crippen molar-refractivity contribution in [3.8, 4) is 5.75 Å². The third-order valence-electron chi connectivity index (χ3n) is 3.86. The fraction of sp³-hybridized carbons (Fsp3) is 0.667. The molecule has 1 aromatic carbocycles. The van der Waals surface area contributed by atoms with Gasteiger partial charge in [0.25, 0.3) is 0 Å². The number of rotatable bonds is 11. The van der Waals surface area contributed by atoms with Crippen LogP contribution < -0.4 is 4.74 Å². The molecule has 0 radical (unpaired) electrons. The molecule has 3 heteroatoms. The SMILES string of the molecule is CCCCCCCCCC(O)Cc1cccc(OC)c1F. The molecule has 1 aromatic rings. The Morgan fingerprint density at radius 2 is 1.76 bits per heavy atom. The predicted molar refractivity (Wildman–Crippen MR) is 85.3 cm³/mol. The largest absolute Gasteiger partial charge is 0.494 e. The van der Waals surface area contributed by atoms with Crippen LogP contribution in [-0.2, 0) is 6.42 Å². The van der Waals surface area contributed by atoms with E-state index in [9.17, 15) is 9.50 Å². The van der Waals surface area contributed by atoms with Crippen molar-refractivity contribution in [3.63, 3.8) is 0 Å². The van der Waals surface area contributed by atoms with E-state index in [1.54, 1.807) is 18.2 Å². The molecule has 21 heavy (non-hydrogen) atoms. The van der Waals surface area contributed by atoms with Crippen molar-refractivity contribution in [2.24, 2.45) is 0 Å². The minimum absolute atomic E-state index is 0.246. The van der Waals surface area contributed by atoms with Crippen molar-refractivity contribution in [2.75, 3.05) is 7.11 Å². The Morgan fingerprint density at radius 3 is 2.43 bits per heavy atom. The summed E-state index contributed by atoms with van der Waals surface area (Å²) in [6, 6.07) is 5.07. The molecule has 0 aliphatic carbocycles. The highest BCUT2D eigenvalue weighted by atomic mass is 19.1. The van der Waals surface area contributed by atoms with Crippen LogP contribution >= 0.6 is 0 Å². The smallest absolute Gasteiger partial charge is 0.168 e. The number of methoxy groups -OCH3 is 1. The van der Waals surface area contributed by atoms with Crippen molar-refractivity contribution in [2.45, 2.75) is 70.8 Å². The fourth-order valence-corrected chi connectivity index (χ4v) is 2.56. The molecule has 0 aliphatic heterocycles. The Morgan fingerprint density at radius 1 is 1.10 bits per heavy atom. The Labute approximate surface area is 128 Å². The summed E-state index contributed by atoms with van der Waals surface area (Å²) in [6.45, 7) is 2.22. The molecule has 0 aromatic heterocycles. The first-order chi connectivity index (χ1) is 10.2. The molecule has 0 saturated heterocycles. The van der Waals surface area contributed by atoms with Crippen LogP contribution in [0.5, 0.6) is 5.75 Å². The molecule has 0 amide bonds. The molecule has 2 nitrogen and oxygen atoms in total. The van der Waals surface area contributed by atoms with Gasteiger partial charge in [0.2, 0.25) is 0 Å². The van der Waals surface area contributed by atoms with Gasteiger partial charge in [0, 0.05) is 6.42 Å². The molecule has 1 unspecified atom stereocenters. The van der Waals surface area contributed by atoms with Crippen LogP contribution in [0.15, 0.2) is 18.2 Å².